The van der Waals surface area contributed by atoms with Crippen LogP contribution in [0.3, 0.4) is 0 Å². The second kappa shape index (κ2) is 9.30. The van der Waals surface area contributed by atoms with E-state index in [1.54, 1.807) is 11.3 Å². The van der Waals surface area contributed by atoms with Crippen LogP contribution in [0.15, 0.2) is 123 Å². The van der Waals surface area contributed by atoms with Gasteiger partial charge in [-0.15, -0.1) is 22.7 Å². The highest BCUT2D eigenvalue weighted by Gasteiger charge is 2.20. The number of allylic oxidation sites excluding steroid dienone is 1. The Morgan fingerprint density at radius 1 is 0.500 bits per heavy atom. The first-order valence-electron chi connectivity index (χ1n) is 14.9. The summed E-state index contributed by atoms with van der Waals surface area (Å²) in [6, 6.07) is 37.3. The third-order valence-corrected chi connectivity index (χ3v) is 11.0. The van der Waals surface area contributed by atoms with E-state index in [0.717, 1.165) is 67.8 Å². The molecule has 0 saturated heterocycles. The standard InChI is InChI=1S/C40H24O2S2/c1-3-37(43-17-1)27-9-11-29-25(19-27)7-15-33-31-13-5-23(21-35(31)41-39(29)33)24-6-14-32-34-16-8-26-20-28(38-4-2-18-44-38)10-12-30(26)40(34)42-36(32)22-24/h1-9,11,13-22H,10,12H2. The lowest BCUT2D eigenvalue weighted by Crippen LogP contribution is -1.98. The monoisotopic (exact) mass is 600 g/mol. The predicted molar refractivity (Wildman–Crippen MR) is 188 cm³/mol. The molecular weight excluding hydrogens is 577 g/mol. The molecule has 0 fully saturated rings. The van der Waals surface area contributed by atoms with Gasteiger partial charge in [0.15, 0.2) is 0 Å². The van der Waals surface area contributed by atoms with E-state index in [4.69, 9.17) is 8.83 Å². The first-order valence-corrected chi connectivity index (χ1v) is 16.7. The van der Waals surface area contributed by atoms with Gasteiger partial charge in [-0.25, -0.2) is 0 Å². The van der Waals surface area contributed by atoms with Crippen molar-refractivity contribution in [3.05, 3.63) is 130 Å². The summed E-state index contributed by atoms with van der Waals surface area (Å²) < 4.78 is 13.2. The molecule has 2 nitrogen and oxygen atoms in total. The lowest BCUT2D eigenvalue weighted by Gasteiger charge is -2.15. The molecule has 4 heteroatoms. The summed E-state index contributed by atoms with van der Waals surface area (Å²) in [6.07, 6.45) is 4.38. The second-order valence-corrected chi connectivity index (χ2v) is 13.5. The minimum atomic E-state index is 0.902. The molecular formula is C40H24O2S2. The van der Waals surface area contributed by atoms with Crippen molar-refractivity contribution >= 4 is 89.0 Å². The number of aryl methyl sites for hydroxylation is 1. The van der Waals surface area contributed by atoms with Gasteiger partial charge in [0.1, 0.15) is 22.3 Å². The zero-order chi connectivity index (χ0) is 28.8. The average Bonchev–Trinajstić information content (AvgIpc) is 3.89. The van der Waals surface area contributed by atoms with Gasteiger partial charge in [0.2, 0.25) is 0 Å². The third kappa shape index (κ3) is 3.65. The molecule has 5 aromatic carbocycles. The van der Waals surface area contributed by atoms with Gasteiger partial charge in [-0.3, -0.25) is 0 Å². The molecule has 0 spiro atoms. The minimum Gasteiger partial charge on any atom is -0.456 e. The van der Waals surface area contributed by atoms with Gasteiger partial charge in [-0.05, 0) is 124 Å². The van der Waals surface area contributed by atoms with Crippen LogP contribution in [-0.4, -0.2) is 0 Å². The highest BCUT2D eigenvalue weighted by molar-refractivity contribution is 7.13. The molecule has 0 radical (unpaired) electrons. The Morgan fingerprint density at radius 2 is 1.14 bits per heavy atom. The van der Waals surface area contributed by atoms with Crippen molar-refractivity contribution in [2.45, 2.75) is 12.8 Å². The van der Waals surface area contributed by atoms with E-state index in [2.05, 4.69) is 120 Å². The number of furan rings is 2. The number of hydrogen-bond acceptors (Lipinski definition) is 4. The van der Waals surface area contributed by atoms with Crippen molar-refractivity contribution in [3.63, 3.8) is 0 Å². The maximum absolute atomic E-state index is 6.61. The number of hydrogen-bond donors (Lipinski definition) is 0. The normalized spacial score (nSPS) is 13.4. The van der Waals surface area contributed by atoms with E-state index >= 15 is 0 Å². The fraction of sp³-hybridized carbons (Fsp3) is 0.0500. The van der Waals surface area contributed by atoms with E-state index in [9.17, 15) is 0 Å². The molecule has 0 saturated carbocycles. The largest absolute Gasteiger partial charge is 0.456 e. The molecule has 0 aliphatic heterocycles. The van der Waals surface area contributed by atoms with Gasteiger partial charge >= 0.3 is 0 Å². The number of rotatable bonds is 3. The molecule has 1 aliphatic rings. The summed E-state index contributed by atoms with van der Waals surface area (Å²) in [5.41, 5.74) is 11.3. The van der Waals surface area contributed by atoms with Crippen LogP contribution < -0.4 is 0 Å². The van der Waals surface area contributed by atoms with Crippen molar-refractivity contribution in [2.24, 2.45) is 0 Å². The highest BCUT2D eigenvalue weighted by atomic mass is 32.1. The van der Waals surface area contributed by atoms with E-state index in [1.807, 2.05) is 11.3 Å². The van der Waals surface area contributed by atoms with Gasteiger partial charge in [0.25, 0.3) is 0 Å². The van der Waals surface area contributed by atoms with Crippen molar-refractivity contribution in [1.82, 2.24) is 0 Å². The molecule has 44 heavy (non-hydrogen) atoms. The number of benzene rings is 5. The molecule has 0 atom stereocenters. The molecule has 4 aromatic heterocycles. The zero-order valence-corrected chi connectivity index (χ0v) is 25.2. The quantitative estimate of drug-likeness (QED) is 0.202. The van der Waals surface area contributed by atoms with E-state index in [-0.39, 0.29) is 0 Å². The zero-order valence-electron chi connectivity index (χ0n) is 23.6. The molecule has 208 valence electrons. The Morgan fingerprint density at radius 3 is 1.89 bits per heavy atom. The summed E-state index contributed by atoms with van der Waals surface area (Å²) in [6.45, 7) is 0. The Bertz CT molecular complexity index is 2590. The fourth-order valence-electron chi connectivity index (χ4n) is 7.00. The van der Waals surface area contributed by atoms with Crippen LogP contribution in [0, 0.1) is 0 Å². The number of fused-ring (bicyclic) bond motifs is 10. The average molecular weight is 601 g/mol. The molecule has 10 rings (SSSR count). The second-order valence-electron chi connectivity index (χ2n) is 11.6. The Kier molecular flexibility index (Phi) is 5.18. The summed E-state index contributed by atoms with van der Waals surface area (Å²) >= 11 is 3.58. The molecule has 0 amide bonds. The van der Waals surface area contributed by atoms with Crippen molar-refractivity contribution in [3.8, 4) is 21.6 Å². The van der Waals surface area contributed by atoms with Crippen LogP contribution in [0.4, 0.5) is 0 Å². The van der Waals surface area contributed by atoms with Crippen LogP contribution in [0.1, 0.15) is 22.4 Å². The lowest BCUT2D eigenvalue weighted by molar-refractivity contribution is 0.662. The minimum absolute atomic E-state index is 0.902. The molecule has 4 heterocycles. The summed E-state index contributed by atoms with van der Waals surface area (Å²) in [4.78, 5) is 2.64. The smallest absolute Gasteiger partial charge is 0.143 e. The van der Waals surface area contributed by atoms with Crippen LogP contribution in [0.2, 0.25) is 0 Å². The third-order valence-electron chi connectivity index (χ3n) is 9.19. The van der Waals surface area contributed by atoms with Crippen LogP contribution in [0.25, 0.3) is 87.9 Å². The first-order chi connectivity index (χ1) is 21.8. The topological polar surface area (TPSA) is 26.3 Å². The first kappa shape index (κ1) is 24.5. The maximum Gasteiger partial charge on any atom is 0.143 e. The van der Waals surface area contributed by atoms with Gasteiger partial charge < -0.3 is 8.83 Å². The van der Waals surface area contributed by atoms with Crippen LogP contribution in [0.5, 0.6) is 0 Å². The van der Waals surface area contributed by atoms with Crippen molar-refractivity contribution in [1.29, 1.82) is 0 Å². The van der Waals surface area contributed by atoms with E-state index in [0.29, 0.717) is 0 Å². The molecule has 1 aliphatic carbocycles. The molecule has 9 aromatic rings. The van der Waals surface area contributed by atoms with Gasteiger partial charge in [0, 0.05) is 42.2 Å². The van der Waals surface area contributed by atoms with Gasteiger partial charge in [0.05, 0.1) is 0 Å². The van der Waals surface area contributed by atoms with E-state index in [1.165, 1.54) is 42.8 Å². The summed E-state index contributed by atoms with van der Waals surface area (Å²) in [5.74, 6) is 0. The lowest BCUT2D eigenvalue weighted by atomic mass is 9.90. The van der Waals surface area contributed by atoms with Crippen LogP contribution in [-0.2, 0) is 6.42 Å². The Hall–Kier alpha value is -4.90. The van der Waals surface area contributed by atoms with Crippen LogP contribution >= 0.6 is 22.7 Å². The van der Waals surface area contributed by atoms with Gasteiger partial charge in [-0.2, -0.15) is 0 Å². The highest BCUT2D eigenvalue weighted by Crippen LogP contribution is 2.41. The molecule has 0 unspecified atom stereocenters. The van der Waals surface area contributed by atoms with E-state index < -0.39 is 0 Å². The maximum atomic E-state index is 6.61. The SMILES string of the molecule is C1=C(c2cccs2)CCc2c1ccc1c2oc2cc(-c3ccc4c(c3)oc3c5ccc(-c6cccs6)cc5ccc43)ccc21. The molecule has 0 N–H and O–H groups in total. The van der Waals surface area contributed by atoms with Crippen molar-refractivity contribution < 1.29 is 8.83 Å². The fourth-order valence-corrected chi connectivity index (χ4v) is 8.49. The van der Waals surface area contributed by atoms with Gasteiger partial charge in [-0.1, -0.05) is 42.5 Å². The summed E-state index contributed by atoms with van der Waals surface area (Å²) in [5, 5.41) is 11.3. The molecule has 0 bridgehead atoms. The summed E-state index contributed by atoms with van der Waals surface area (Å²) in [7, 11) is 0. The Labute approximate surface area is 261 Å². The predicted octanol–water partition coefficient (Wildman–Crippen LogP) is 12.6. The Balaban J connectivity index is 1.06. The van der Waals surface area contributed by atoms with Crippen molar-refractivity contribution in [2.75, 3.05) is 0 Å². The number of thiophene rings is 2.